The van der Waals surface area contributed by atoms with Crippen LogP contribution in [0.25, 0.3) is 11.0 Å². The Kier molecular flexibility index (Phi) is 7.21. The molecule has 1 saturated heterocycles. The SMILES string of the molecule is CCCCn1c(CN2CCN(c3ccccc3OCC)CC2)nc2cc(S(N)(=O)=O)ccc21. The van der Waals surface area contributed by atoms with Crippen LogP contribution in [-0.2, 0) is 23.1 Å². The summed E-state index contributed by atoms with van der Waals surface area (Å²) in [4.78, 5) is 9.70. The van der Waals surface area contributed by atoms with Gasteiger partial charge in [0.25, 0.3) is 0 Å². The van der Waals surface area contributed by atoms with E-state index >= 15 is 0 Å². The van der Waals surface area contributed by atoms with Crippen LogP contribution in [0.5, 0.6) is 5.75 Å². The number of nitrogens with zero attached hydrogens (tertiary/aromatic N) is 4. The highest BCUT2D eigenvalue weighted by atomic mass is 32.2. The standard InChI is InChI=1S/C24H33N5O3S/c1-3-5-12-29-21-11-10-19(33(25,30)31)17-20(21)26-24(29)18-27-13-15-28(16-14-27)22-8-6-7-9-23(22)32-4-2/h6-11,17H,3-5,12-16,18H2,1-2H3,(H2,25,30,31). The van der Waals surface area contributed by atoms with Gasteiger partial charge >= 0.3 is 0 Å². The van der Waals surface area contributed by atoms with Crippen LogP contribution in [0, 0.1) is 0 Å². The summed E-state index contributed by atoms with van der Waals surface area (Å²) >= 11 is 0. The van der Waals surface area contributed by atoms with Gasteiger partial charge in [-0.1, -0.05) is 25.5 Å². The average Bonchev–Trinajstić information content (AvgIpc) is 3.14. The molecule has 0 spiro atoms. The number of nitrogens with two attached hydrogens (primary N) is 1. The van der Waals surface area contributed by atoms with Crippen LogP contribution in [-0.4, -0.2) is 55.7 Å². The third-order valence-corrected chi connectivity index (χ3v) is 7.02. The zero-order valence-electron chi connectivity index (χ0n) is 19.4. The Morgan fingerprint density at radius 2 is 1.82 bits per heavy atom. The lowest BCUT2D eigenvalue weighted by molar-refractivity contribution is 0.239. The Bertz CT molecular complexity index is 1200. The zero-order chi connectivity index (χ0) is 23.4. The normalized spacial score (nSPS) is 15.3. The summed E-state index contributed by atoms with van der Waals surface area (Å²) in [7, 11) is -3.76. The number of unbranched alkanes of at least 4 members (excludes halogenated alkanes) is 1. The Balaban J connectivity index is 1.52. The molecule has 0 amide bonds. The molecule has 33 heavy (non-hydrogen) atoms. The topological polar surface area (TPSA) is 93.7 Å². The van der Waals surface area contributed by atoms with Gasteiger partial charge in [0, 0.05) is 32.7 Å². The van der Waals surface area contributed by atoms with E-state index in [2.05, 4.69) is 33.4 Å². The fraction of sp³-hybridized carbons (Fsp3) is 0.458. The Hall–Kier alpha value is -2.62. The van der Waals surface area contributed by atoms with E-state index in [0.717, 1.165) is 74.9 Å². The van der Waals surface area contributed by atoms with E-state index in [0.29, 0.717) is 12.1 Å². The molecule has 0 atom stereocenters. The lowest BCUT2D eigenvalue weighted by Crippen LogP contribution is -2.46. The summed E-state index contributed by atoms with van der Waals surface area (Å²) in [5, 5.41) is 5.33. The third-order valence-electron chi connectivity index (χ3n) is 6.11. The minimum atomic E-state index is -3.76. The van der Waals surface area contributed by atoms with Crippen LogP contribution >= 0.6 is 0 Å². The minimum Gasteiger partial charge on any atom is -0.492 e. The smallest absolute Gasteiger partial charge is 0.238 e. The zero-order valence-corrected chi connectivity index (χ0v) is 20.2. The number of aryl methyl sites for hydroxylation is 1. The molecule has 8 nitrogen and oxygen atoms in total. The van der Waals surface area contributed by atoms with Crippen LogP contribution in [0.3, 0.4) is 0 Å². The molecule has 1 aromatic heterocycles. The van der Waals surface area contributed by atoms with Crippen molar-refractivity contribution >= 4 is 26.7 Å². The van der Waals surface area contributed by atoms with Gasteiger partial charge in [0.1, 0.15) is 11.6 Å². The lowest BCUT2D eigenvalue weighted by Gasteiger charge is -2.36. The van der Waals surface area contributed by atoms with Crippen LogP contribution in [0.1, 0.15) is 32.5 Å². The van der Waals surface area contributed by atoms with E-state index in [4.69, 9.17) is 14.9 Å². The van der Waals surface area contributed by atoms with Gasteiger partial charge < -0.3 is 14.2 Å². The van der Waals surface area contributed by atoms with E-state index in [9.17, 15) is 8.42 Å². The molecule has 178 valence electrons. The molecule has 1 aliphatic rings. The number of hydrogen-bond donors (Lipinski definition) is 1. The maximum Gasteiger partial charge on any atom is 0.238 e. The third kappa shape index (κ3) is 5.31. The van der Waals surface area contributed by atoms with Crippen LogP contribution in [0.15, 0.2) is 47.4 Å². The van der Waals surface area contributed by atoms with E-state index in [1.54, 1.807) is 12.1 Å². The number of fused-ring (bicyclic) bond motifs is 1. The van der Waals surface area contributed by atoms with Gasteiger partial charge in [-0.3, -0.25) is 4.90 Å². The number of aromatic nitrogens is 2. The van der Waals surface area contributed by atoms with Crippen LogP contribution in [0.2, 0.25) is 0 Å². The van der Waals surface area contributed by atoms with E-state index in [-0.39, 0.29) is 4.90 Å². The van der Waals surface area contributed by atoms with Crippen molar-refractivity contribution in [3.63, 3.8) is 0 Å². The van der Waals surface area contributed by atoms with Gasteiger partial charge in [0.05, 0.1) is 34.8 Å². The molecule has 0 bridgehead atoms. The second-order valence-corrected chi connectivity index (χ2v) is 9.95. The quantitative estimate of drug-likeness (QED) is 0.515. The molecular weight excluding hydrogens is 438 g/mol. The summed E-state index contributed by atoms with van der Waals surface area (Å²) < 4.78 is 31.6. The summed E-state index contributed by atoms with van der Waals surface area (Å²) in [6.07, 6.45) is 2.11. The second-order valence-electron chi connectivity index (χ2n) is 8.39. The minimum absolute atomic E-state index is 0.100. The number of rotatable bonds is 9. The number of piperazine rings is 1. The molecule has 3 aromatic rings. The van der Waals surface area contributed by atoms with Gasteiger partial charge in [-0.05, 0) is 43.7 Å². The number of imidazole rings is 1. The Morgan fingerprint density at radius 3 is 2.52 bits per heavy atom. The first-order valence-electron chi connectivity index (χ1n) is 11.6. The summed E-state index contributed by atoms with van der Waals surface area (Å²) in [5.74, 6) is 1.90. The van der Waals surface area contributed by atoms with Crippen LogP contribution in [0.4, 0.5) is 5.69 Å². The fourth-order valence-electron chi connectivity index (χ4n) is 4.37. The van der Waals surface area contributed by atoms with Crippen molar-refractivity contribution in [1.82, 2.24) is 14.5 Å². The van der Waals surface area contributed by atoms with Gasteiger partial charge in [0.2, 0.25) is 10.0 Å². The number of para-hydroxylation sites is 2. The molecule has 1 fully saturated rings. The summed E-state index contributed by atoms with van der Waals surface area (Å²) in [6, 6.07) is 13.2. The van der Waals surface area contributed by atoms with E-state index in [1.807, 2.05) is 25.1 Å². The molecule has 2 N–H and O–H groups in total. The predicted octanol–water partition coefficient (Wildman–Crippen LogP) is 3.20. The largest absolute Gasteiger partial charge is 0.492 e. The first-order chi connectivity index (χ1) is 15.9. The molecule has 2 heterocycles. The summed E-state index contributed by atoms with van der Waals surface area (Å²) in [6.45, 7) is 10.1. The van der Waals surface area contributed by atoms with Crippen molar-refractivity contribution in [2.24, 2.45) is 5.14 Å². The average molecular weight is 472 g/mol. The fourth-order valence-corrected chi connectivity index (χ4v) is 4.90. The number of primary sulfonamides is 1. The van der Waals surface area contributed by atoms with Crippen molar-refractivity contribution in [1.29, 1.82) is 0 Å². The van der Waals surface area contributed by atoms with Gasteiger partial charge in [-0.25, -0.2) is 18.5 Å². The molecule has 4 rings (SSSR count). The van der Waals surface area contributed by atoms with Crippen molar-refractivity contribution in [3.8, 4) is 5.75 Å². The van der Waals surface area contributed by atoms with E-state index in [1.165, 1.54) is 0 Å². The molecule has 0 radical (unpaired) electrons. The maximum atomic E-state index is 11.8. The lowest BCUT2D eigenvalue weighted by atomic mass is 10.2. The van der Waals surface area contributed by atoms with Crippen molar-refractivity contribution < 1.29 is 13.2 Å². The number of sulfonamides is 1. The molecular formula is C24H33N5O3S. The maximum absolute atomic E-state index is 11.8. The number of hydrogen-bond acceptors (Lipinski definition) is 6. The molecule has 0 saturated carbocycles. The van der Waals surface area contributed by atoms with E-state index < -0.39 is 10.0 Å². The van der Waals surface area contributed by atoms with Crippen molar-refractivity contribution in [3.05, 3.63) is 48.3 Å². The predicted molar refractivity (Wildman–Crippen MR) is 131 cm³/mol. The molecule has 1 aliphatic heterocycles. The highest BCUT2D eigenvalue weighted by Crippen LogP contribution is 2.29. The summed E-state index contributed by atoms with van der Waals surface area (Å²) in [5.41, 5.74) is 2.77. The van der Waals surface area contributed by atoms with Gasteiger partial charge in [-0.15, -0.1) is 0 Å². The Morgan fingerprint density at radius 1 is 1.06 bits per heavy atom. The Labute approximate surface area is 196 Å². The number of ether oxygens (including phenoxy) is 1. The first-order valence-corrected chi connectivity index (χ1v) is 13.2. The molecule has 2 aromatic carbocycles. The highest BCUT2D eigenvalue weighted by Gasteiger charge is 2.22. The van der Waals surface area contributed by atoms with Gasteiger partial charge in [-0.2, -0.15) is 0 Å². The van der Waals surface area contributed by atoms with Crippen molar-refractivity contribution in [2.45, 2.75) is 44.7 Å². The number of anilines is 1. The van der Waals surface area contributed by atoms with Gasteiger partial charge in [0.15, 0.2) is 0 Å². The van der Waals surface area contributed by atoms with Crippen molar-refractivity contribution in [2.75, 3.05) is 37.7 Å². The molecule has 9 heteroatoms. The highest BCUT2D eigenvalue weighted by molar-refractivity contribution is 7.89. The van der Waals surface area contributed by atoms with Crippen LogP contribution < -0.4 is 14.8 Å². The second kappa shape index (κ2) is 10.1. The molecule has 0 unspecified atom stereocenters. The first kappa shape index (κ1) is 23.5. The molecule has 0 aliphatic carbocycles. The number of benzene rings is 2. The monoisotopic (exact) mass is 471 g/mol.